The monoisotopic (exact) mass is 442 g/mol. The van der Waals surface area contributed by atoms with Crippen molar-refractivity contribution in [2.75, 3.05) is 16.8 Å². The molecule has 0 aliphatic heterocycles. The number of nitrogens with zero attached hydrogens (tertiary/aromatic N) is 2. The first-order valence-corrected chi connectivity index (χ1v) is 11.1. The van der Waals surface area contributed by atoms with E-state index in [1.807, 2.05) is 36.4 Å². The summed E-state index contributed by atoms with van der Waals surface area (Å²) in [6, 6.07) is 13.2. The molecule has 0 aliphatic carbocycles. The van der Waals surface area contributed by atoms with Gasteiger partial charge in [-0.2, -0.15) is 0 Å². The van der Waals surface area contributed by atoms with Gasteiger partial charge in [0.2, 0.25) is 11.8 Å². The molecule has 0 saturated heterocycles. The van der Waals surface area contributed by atoms with E-state index in [0.29, 0.717) is 23.1 Å². The van der Waals surface area contributed by atoms with Gasteiger partial charge in [-0.15, -0.1) is 23.1 Å². The molecule has 0 atom stereocenters. The Hall–Kier alpha value is -3.11. The normalized spacial score (nSPS) is 11.0. The number of thiazole rings is 1. The van der Waals surface area contributed by atoms with E-state index in [0.717, 1.165) is 15.2 Å². The van der Waals surface area contributed by atoms with E-state index in [-0.39, 0.29) is 29.9 Å². The summed E-state index contributed by atoms with van der Waals surface area (Å²) < 4.78 is 11.8. The Labute approximate surface area is 180 Å². The van der Waals surface area contributed by atoms with Crippen LogP contribution >= 0.6 is 23.1 Å². The fourth-order valence-corrected chi connectivity index (χ4v) is 4.22. The smallest absolute Gasteiger partial charge is 0.235 e. The number of amides is 2. The van der Waals surface area contributed by atoms with Crippen LogP contribution in [-0.2, 0) is 16.1 Å². The number of furan rings is 1. The number of carbonyl (C=O) groups is 2. The lowest BCUT2D eigenvalue weighted by Gasteiger charge is -2.03. The first-order valence-electron chi connectivity index (χ1n) is 9.09. The molecule has 3 heterocycles. The van der Waals surface area contributed by atoms with Crippen LogP contribution in [0.3, 0.4) is 0 Å². The Balaban J connectivity index is 1.21. The van der Waals surface area contributed by atoms with E-state index in [4.69, 9.17) is 8.94 Å². The summed E-state index contributed by atoms with van der Waals surface area (Å²) in [7, 11) is 0. The molecular formula is C20H18N4O4S2. The number of carbonyl (C=O) groups excluding carboxylic acids is 2. The van der Waals surface area contributed by atoms with Gasteiger partial charge in [0.1, 0.15) is 11.5 Å². The fourth-order valence-electron chi connectivity index (χ4n) is 2.64. The van der Waals surface area contributed by atoms with Gasteiger partial charge in [0.15, 0.2) is 16.6 Å². The molecule has 4 rings (SSSR count). The number of hydrogen-bond donors (Lipinski definition) is 2. The lowest BCUT2D eigenvalue weighted by Crippen LogP contribution is -2.25. The van der Waals surface area contributed by atoms with E-state index in [9.17, 15) is 9.59 Å². The molecule has 0 unspecified atom stereocenters. The van der Waals surface area contributed by atoms with Crippen LogP contribution in [0.1, 0.15) is 11.5 Å². The Kier molecular flexibility index (Phi) is 6.15. The van der Waals surface area contributed by atoms with E-state index in [2.05, 4.69) is 20.8 Å². The van der Waals surface area contributed by atoms with Gasteiger partial charge in [-0.05, 0) is 31.2 Å². The zero-order valence-electron chi connectivity index (χ0n) is 16.0. The Morgan fingerprint density at radius 1 is 1.13 bits per heavy atom. The molecule has 0 spiro atoms. The number of benzene rings is 1. The van der Waals surface area contributed by atoms with Gasteiger partial charge in [-0.3, -0.25) is 9.59 Å². The summed E-state index contributed by atoms with van der Waals surface area (Å²) >= 11 is 2.77. The van der Waals surface area contributed by atoms with Crippen LogP contribution in [0.15, 0.2) is 51.4 Å². The molecule has 2 amide bonds. The molecule has 0 saturated carbocycles. The number of para-hydroxylation sites is 1. The lowest BCUT2D eigenvalue weighted by molar-refractivity contribution is -0.118. The standard InChI is InChI=1S/C20H18N4O4S2/c1-12-8-17(24-28-12)23-19(26)11-29-10-18(25)21-9-13-6-7-15(27-13)20-22-14-4-2-3-5-16(14)30-20/h2-8H,9-11H2,1H3,(H,21,25)(H,23,24,26). The molecule has 4 aromatic rings. The maximum Gasteiger partial charge on any atom is 0.235 e. The van der Waals surface area contributed by atoms with Gasteiger partial charge >= 0.3 is 0 Å². The van der Waals surface area contributed by atoms with Crippen LogP contribution in [-0.4, -0.2) is 33.5 Å². The number of fused-ring (bicyclic) bond motifs is 1. The van der Waals surface area contributed by atoms with E-state index < -0.39 is 0 Å². The van der Waals surface area contributed by atoms with E-state index >= 15 is 0 Å². The molecule has 0 fully saturated rings. The zero-order chi connectivity index (χ0) is 20.9. The second-order valence-electron chi connectivity index (χ2n) is 6.39. The number of rotatable bonds is 8. The van der Waals surface area contributed by atoms with Crippen molar-refractivity contribution in [3.63, 3.8) is 0 Å². The van der Waals surface area contributed by atoms with E-state index in [1.165, 1.54) is 11.8 Å². The first kappa shape index (κ1) is 20.2. The minimum Gasteiger partial charge on any atom is -0.457 e. The van der Waals surface area contributed by atoms with Gasteiger partial charge in [-0.25, -0.2) is 4.98 Å². The Bertz CT molecular complexity index is 1150. The highest BCUT2D eigenvalue weighted by atomic mass is 32.2. The van der Waals surface area contributed by atoms with Crippen molar-refractivity contribution in [3.05, 3.63) is 54.0 Å². The molecule has 1 aromatic carbocycles. The minimum absolute atomic E-state index is 0.141. The highest BCUT2D eigenvalue weighted by Gasteiger charge is 2.12. The molecule has 0 aliphatic rings. The second-order valence-corrected chi connectivity index (χ2v) is 8.41. The van der Waals surface area contributed by atoms with Crippen molar-refractivity contribution in [2.24, 2.45) is 0 Å². The first-order chi connectivity index (χ1) is 14.6. The van der Waals surface area contributed by atoms with Crippen LogP contribution in [0.5, 0.6) is 0 Å². The van der Waals surface area contributed by atoms with Gasteiger partial charge in [-0.1, -0.05) is 17.3 Å². The van der Waals surface area contributed by atoms with Gasteiger partial charge in [0, 0.05) is 6.07 Å². The number of aromatic nitrogens is 2. The third kappa shape index (κ3) is 5.08. The summed E-state index contributed by atoms with van der Waals surface area (Å²) in [5.41, 5.74) is 0.934. The molecule has 30 heavy (non-hydrogen) atoms. The predicted molar refractivity (Wildman–Crippen MR) is 116 cm³/mol. The highest BCUT2D eigenvalue weighted by molar-refractivity contribution is 8.00. The highest BCUT2D eigenvalue weighted by Crippen LogP contribution is 2.31. The molecule has 3 aromatic heterocycles. The van der Waals surface area contributed by atoms with Crippen LogP contribution in [0.4, 0.5) is 5.82 Å². The number of anilines is 1. The predicted octanol–water partition coefficient (Wildman–Crippen LogP) is 3.84. The maximum atomic E-state index is 12.0. The lowest BCUT2D eigenvalue weighted by atomic mass is 10.3. The summed E-state index contributed by atoms with van der Waals surface area (Å²) in [5.74, 6) is 2.18. The molecule has 0 radical (unpaired) electrons. The van der Waals surface area contributed by atoms with Crippen molar-refractivity contribution in [1.82, 2.24) is 15.5 Å². The van der Waals surface area contributed by atoms with Crippen molar-refractivity contribution in [2.45, 2.75) is 13.5 Å². The van der Waals surface area contributed by atoms with E-state index in [1.54, 1.807) is 24.3 Å². The Morgan fingerprint density at radius 2 is 1.97 bits per heavy atom. The van der Waals surface area contributed by atoms with Crippen molar-refractivity contribution < 1.29 is 18.5 Å². The second kappa shape index (κ2) is 9.14. The van der Waals surface area contributed by atoms with Crippen LogP contribution < -0.4 is 10.6 Å². The average molecular weight is 443 g/mol. The van der Waals surface area contributed by atoms with Crippen LogP contribution in [0, 0.1) is 6.92 Å². The number of thioether (sulfide) groups is 1. The van der Waals surface area contributed by atoms with Gasteiger partial charge in [0.25, 0.3) is 0 Å². The maximum absolute atomic E-state index is 12.0. The van der Waals surface area contributed by atoms with Crippen molar-refractivity contribution >= 4 is 50.9 Å². The molecule has 10 heteroatoms. The fraction of sp³-hybridized carbons (Fsp3) is 0.200. The zero-order valence-corrected chi connectivity index (χ0v) is 17.6. The molecule has 2 N–H and O–H groups in total. The van der Waals surface area contributed by atoms with Crippen molar-refractivity contribution in [1.29, 1.82) is 0 Å². The van der Waals surface area contributed by atoms with Crippen LogP contribution in [0.2, 0.25) is 0 Å². The largest absolute Gasteiger partial charge is 0.457 e. The Morgan fingerprint density at radius 3 is 2.77 bits per heavy atom. The summed E-state index contributed by atoms with van der Waals surface area (Å²) in [6.45, 7) is 2.01. The molecule has 154 valence electrons. The summed E-state index contributed by atoms with van der Waals surface area (Å²) in [6.07, 6.45) is 0. The molecular weight excluding hydrogens is 424 g/mol. The van der Waals surface area contributed by atoms with Crippen LogP contribution in [0.25, 0.3) is 21.0 Å². The number of hydrogen-bond acceptors (Lipinski definition) is 8. The number of aryl methyl sites for hydroxylation is 1. The number of nitrogens with one attached hydrogen (secondary N) is 2. The summed E-state index contributed by atoms with van der Waals surface area (Å²) in [5, 5.41) is 9.89. The molecule has 0 bridgehead atoms. The van der Waals surface area contributed by atoms with Crippen molar-refractivity contribution in [3.8, 4) is 10.8 Å². The summed E-state index contributed by atoms with van der Waals surface area (Å²) in [4.78, 5) is 28.4. The topological polar surface area (TPSA) is 110 Å². The minimum atomic E-state index is -0.243. The SMILES string of the molecule is Cc1cc(NC(=O)CSCC(=O)NCc2ccc(-c3nc4ccccc4s3)o2)no1. The van der Waals surface area contributed by atoms with Gasteiger partial charge < -0.3 is 19.6 Å². The quantitative estimate of drug-likeness (QED) is 0.426. The van der Waals surface area contributed by atoms with Gasteiger partial charge in [0.05, 0.1) is 28.3 Å². The third-order valence-electron chi connectivity index (χ3n) is 3.99. The third-order valence-corrected chi connectivity index (χ3v) is 5.97. The molecule has 8 nitrogen and oxygen atoms in total. The average Bonchev–Trinajstić information content (AvgIpc) is 3.45.